The van der Waals surface area contributed by atoms with Crippen LogP contribution in [0.2, 0.25) is 0 Å². The Morgan fingerprint density at radius 1 is 1.21 bits per heavy atom. The third-order valence-corrected chi connectivity index (χ3v) is 4.38. The summed E-state index contributed by atoms with van der Waals surface area (Å²) in [5.41, 5.74) is 1.72. The molecule has 0 aliphatic rings. The minimum atomic E-state index is -0.753. The monoisotopic (exact) mass is 347 g/mol. The molecule has 0 aliphatic carbocycles. The average molecular weight is 347 g/mol. The number of carbonyl (C=O) groups is 2. The van der Waals surface area contributed by atoms with E-state index in [0.29, 0.717) is 13.0 Å². The molecule has 2 rings (SSSR count). The minimum absolute atomic E-state index is 0.0384. The molecule has 2 heterocycles. The molecular formula is C17H21N3O3S. The van der Waals surface area contributed by atoms with E-state index in [9.17, 15) is 9.59 Å². The zero-order valence-electron chi connectivity index (χ0n) is 13.4. The van der Waals surface area contributed by atoms with Crippen LogP contribution < -0.4 is 5.32 Å². The number of amides is 1. The Hall–Kier alpha value is -2.28. The highest BCUT2D eigenvalue weighted by molar-refractivity contribution is 7.13. The topological polar surface area (TPSA) is 92.2 Å². The fraction of sp³-hybridized carbons (Fsp3) is 0.412. The van der Waals surface area contributed by atoms with Gasteiger partial charge in [-0.25, -0.2) is 4.98 Å². The normalized spacial score (nSPS) is 10.5. The van der Waals surface area contributed by atoms with E-state index in [1.807, 2.05) is 17.5 Å². The Kier molecular flexibility index (Phi) is 7.35. The molecule has 2 N–H and O–H groups in total. The number of thiazole rings is 1. The number of carboxylic acid groups (broad SMARTS) is 1. The molecule has 0 radical (unpaired) electrons. The van der Waals surface area contributed by atoms with Gasteiger partial charge in [0.15, 0.2) is 0 Å². The van der Waals surface area contributed by atoms with Crippen molar-refractivity contribution in [3.8, 4) is 10.6 Å². The molecule has 6 nitrogen and oxygen atoms in total. The van der Waals surface area contributed by atoms with Crippen LogP contribution in [0.3, 0.4) is 0 Å². The average Bonchev–Trinajstić information content (AvgIpc) is 3.03. The molecule has 0 bridgehead atoms. The molecule has 2 aromatic rings. The Balaban J connectivity index is 1.64. The number of nitrogens with one attached hydrogen (secondary N) is 1. The standard InChI is InChI=1S/C17H21N3O3S/c21-15(19-9-4-2-1-3-7-16(22)23)10-14-12-24-17(20-14)13-6-5-8-18-11-13/h5-6,8,11-12H,1-4,7,9-10H2,(H,19,21)(H,22,23). The van der Waals surface area contributed by atoms with Crippen molar-refractivity contribution < 1.29 is 14.7 Å². The van der Waals surface area contributed by atoms with Gasteiger partial charge in [0.1, 0.15) is 5.01 Å². The number of carbonyl (C=O) groups excluding carboxylic acids is 1. The van der Waals surface area contributed by atoms with Crippen molar-refractivity contribution in [3.63, 3.8) is 0 Å². The highest BCUT2D eigenvalue weighted by atomic mass is 32.1. The van der Waals surface area contributed by atoms with Crippen molar-refractivity contribution in [2.45, 2.75) is 38.5 Å². The predicted octanol–water partition coefficient (Wildman–Crippen LogP) is 2.90. The Morgan fingerprint density at radius 2 is 2.04 bits per heavy atom. The van der Waals surface area contributed by atoms with Crippen molar-refractivity contribution in [1.82, 2.24) is 15.3 Å². The van der Waals surface area contributed by atoms with Crippen LogP contribution in [0.1, 0.15) is 37.8 Å². The summed E-state index contributed by atoms with van der Waals surface area (Å²) in [6, 6.07) is 3.81. The first-order valence-corrected chi connectivity index (χ1v) is 8.86. The van der Waals surface area contributed by atoms with Crippen molar-refractivity contribution in [1.29, 1.82) is 0 Å². The number of nitrogens with zero attached hydrogens (tertiary/aromatic N) is 2. The van der Waals surface area contributed by atoms with Gasteiger partial charge in [0.2, 0.25) is 5.91 Å². The summed E-state index contributed by atoms with van der Waals surface area (Å²) in [7, 11) is 0. The van der Waals surface area contributed by atoms with E-state index >= 15 is 0 Å². The number of hydrogen-bond acceptors (Lipinski definition) is 5. The number of aliphatic carboxylic acids is 1. The molecule has 0 saturated heterocycles. The second kappa shape index (κ2) is 9.77. The van der Waals surface area contributed by atoms with Gasteiger partial charge in [-0.2, -0.15) is 0 Å². The number of rotatable bonds is 10. The van der Waals surface area contributed by atoms with E-state index in [2.05, 4.69) is 15.3 Å². The number of unbranched alkanes of at least 4 members (excludes halogenated alkanes) is 3. The molecule has 2 aromatic heterocycles. The van der Waals surface area contributed by atoms with Gasteiger partial charge >= 0.3 is 5.97 Å². The van der Waals surface area contributed by atoms with Crippen LogP contribution in [-0.4, -0.2) is 33.5 Å². The number of hydrogen-bond donors (Lipinski definition) is 2. The molecular weight excluding hydrogens is 326 g/mol. The maximum Gasteiger partial charge on any atom is 0.303 e. The molecule has 0 unspecified atom stereocenters. The number of carboxylic acids is 1. The quantitative estimate of drug-likeness (QED) is 0.645. The third-order valence-electron chi connectivity index (χ3n) is 3.44. The van der Waals surface area contributed by atoms with Crippen LogP contribution in [0.25, 0.3) is 10.6 Å². The maximum atomic E-state index is 11.9. The summed E-state index contributed by atoms with van der Waals surface area (Å²) in [6.45, 7) is 0.617. The van der Waals surface area contributed by atoms with Crippen LogP contribution in [-0.2, 0) is 16.0 Å². The molecule has 0 aliphatic heterocycles. The van der Waals surface area contributed by atoms with Gasteiger partial charge in [0, 0.05) is 36.3 Å². The molecule has 7 heteroatoms. The molecule has 0 fully saturated rings. The van der Waals surface area contributed by atoms with Crippen molar-refractivity contribution >= 4 is 23.2 Å². The van der Waals surface area contributed by atoms with Crippen molar-refractivity contribution in [2.24, 2.45) is 0 Å². The SMILES string of the molecule is O=C(O)CCCCCCNC(=O)Cc1csc(-c2cccnc2)n1. The summed E-state index contributed by atoms with van der Waals surface area (Å²) in [5, 5.41) is 14.2. The lowest BCUT2D eigenvalue weighted by Gasteiger charge is -2.04. The van der Waals surface area contributed by atoms with E-state index in [1.165, 1.54) is 11.3 Å². The Morgan fingerprint density at radius 3 is 2.79 bits per heavy atom. The summed E-state index contributed by atoms with van der Waals surface area (Å²) < 4.78 is 0. The van der Waals surface area contributed by atoms with Gasteiger partial charge in [0.25, 0.3) is 0 Å². The molecule has 0 saturated carbocycles. The first-order chi connectivity index (χ1) is 11.6. The highest BCUT2D eigenvalue weighted by Gasteiger charge is 2.08. The summed E-state index contributed by atoms with van der Waals surface area (Å²) in [6.07, 6.45) is 7.33. The number of aromatic nitrogens is 2. The summed E-state index contributed by atoms with van der Waals surface area (Å²) in [4.78, 5) is 30.8. The van der Waals surface area contributed by atoms with Crippen molar-refractivity contribution in [3.05, 3.63) is 35.6 Å². The van der Waals surface area contributed by atoms with E-state index in [-0.39, 0.29) is 18.7 Å². The lowest BCUT2D eigenvalue weighted by Crippen LogP contribution is -2.26. The van der Waals surface area contributed by atoms with Crippen LogP contribution in [0.5, 0.6) is 0 Å². The summed E-state index contributed by atoms with van der Waals surface area (Å²) >= 11 is 1.51. The lowest BCUT2D eigenvalue weighted by atomic mass is 10.1. The van der Waals surface area contributed by atoms with Gasteiger partial charge in [0.05, 0.1) is 12.1 Å². The first-order valence-electron chi connectivity index (χ1n) is 7.98. The van der Waals surface area contributed by atoms with Crippen LogP contribution in [0.15, 0.2) is 29.9 Å². The molecule has 0 atom stereocenters. The zero-order valence-corrected chi connectivity index (χ0v) is 14.2. The zero-order chi connectivity index (χ0) is 17.2. The van der Waals surface area contributed by atoms with Gasteiger partial charge in [-0.1, -0.05) is 12.8 Å². The largest absolute Gasteiger partial charge is 0.481 e. The fourth-order valence-electron chi connectivity index (χ4n) is 2.22. The van der Waals surface area contributed by atoms with Crippen LogP contribution in [0, 0.1) is 0 Å². The smallest absolute Gasteiger partial charge is 0.303 e. The maximum absolute atomic E-state index is 11.9. The first kappa shape index (κ1) is 18.1. The molecule has 128 valence electrons. The predicted molar refractivity (Wildman–Crippen MR) is 92.8 cm³/mol. The van der Waals surface area contributed by atoms with E-state index in [1.54, 1.807) is 12.4 Å². The minimum Gasteiger partial charge on any atom is -0.481 e. The molecule has 1 amide bonds. The molecule has 24 heavy (non-hydrogen) atoms. The van der Waals surface area contributed by atoms with Gasteiger partial charge in [-0.3, -0.25) is 14.6 Å². The highest BCUT2D eigenvalue weighted by Crippen LogP contribution is 2.22. The molecule has 0 spiro atoms. The van der Waals surface area contributed by atoms with Crippen LogP contribution >= 0.6 is 11.3 Å². The van der Waals surface area contributed by atoms with Gasteiger partial charge in [-0.15, -0.1) is 11.3 Å². The van der Waals surface area contributed by atoms with Crippen LogP contribution in [0.4, 0.5) is 0 Å². The van der Waals surface area contributed by atoms with E-state index in [0.717, 1.165) is 35.5 Å². The van der Waals surface area contributed by atoms with Gasteiger partial charge in [-0.05, 0) is 25.0 Å². The Labute approximate surface area is 145 Å². The number of pyridine rings is 1. The van der Waals surface area contributed by atoms with E-state index in [4.69, 9.17) is 5.11 Å². The second-order valence-corrected chi connectivity index (χ2v) is 6.33. The molecule has 0 aromatic carbocycles. The third kappa shape index (κ3) is 6.45. The fourth-order valence-corrected chi connectivity index (χ4v) is 3.03. The van der Waals surface area contributed by atoms with Gasteiger partial charge < -0.3 is 10.4 Å². The Bertz CT molecular complexity index is 658. The summed E-state index contributed by atoms with van der Waals surface area (Å²) in [5.74, 6) is -0.791. The second-order valence-electron chi connectivity index (χ2n) is 5.47. The van der Waals surface area contributed by atoms with Crippen molar-refractivity contribution in [2.75, 3.05) is 6.54 Å². The van der Waals surface area contributed by atoms with E-state index < -0.39 is 5.97 Å². The lowest BCUT2D eigenvalue weighted by molar-refractivity contribution is -0.137.